The topological polar surface area (TPSA) is 40.5 Å². The van der Waals surface area contributed by atoms with Crippen LogP contribution in [-0.4, -0.2) is 29.1 Å². The van der Waals surface area contributed by atoms with E-state index < -0.39 is 5.97 Å². The highest BCUT2D eigenvalue weighted by Crippen LogP contribution is 2.27. The average Bonchev–Trinajstić information content (AvgIpc) is 2.77. The summed E-state index contributed by atoms with van der Waals surface area (Å²) in [5.41, 5.74) is 2.53. The molecular formula is C14H19NO2. The van der Waals surface area contributed by atoms with E-state index in [1.807, 2.05) is 0 Å². The molecule has 92 valence electrons. The molecule has 1 heterocycles. The van der Waals surface area contributed by atoms with Gasteiger partial charge in [-0.3, -0.25) is 9.69 Å². The molecule has 17 heavy (non-hydrogen) atoms. The van der Waals surface area contributed by atoms with E-state index in [1.54, 1.807) is 0 Å². The Hall–Kier alpha value is -1.35. The molecule has 1 saturated heterocycles. The van der Waals surface area contributed by atoms with Crippen LogP contribution < -0.4 is 0 Å². The second kappa shape index (κ2) is 4.88. The van der Waals surface area contributed by atoms with Crippen molar-refractivity contribution in [3.05, 3.63) is 35.4 Å². The van der Waals surface area contributed by atoms with Gasteiger partial charge in [-0.05, 0) is 32.4 Å². The van der Waals surface area contributed by atoms with Crippen molar-refractivity contribution in [1.29, 1.82) is 0 Å². The van der Waals surface area contributed by atoms with Crippen molar-refractivity contribution < 1.29 is 9.90 Å². The van der Waals surface area contributed by atoms with Crippen LogP contribution in [0.15, 0.2) is 24.3 Å². The Kier molecular flexibility index (Phi) is 3.48. The molecule has 3 nitrogen and oxygen atoms in total. The van der Waals surface area contributed by atoms with Gasteiger partial charge in [-0.15, -0.1) is 0 Å². The standard InChI is InChI=1S/C14H19NO2/c1-10-4-3-5-12(8-10)11(2)15-7-6-13(9-15)14(16)17/h3-5,8,11,13H,6-7,9H2,1-2H3,(H,16,17)/t11-,13-/m1/s1. The fourth-order valence-corrected chi connectivity index (χ4v) is 2.48. The third kappa shape index (κ3) is 2.67. The van der Waals surface area contributed by atoms with Crippen molar-refractivity contribution in [3.63, 3.8) is 0 Å². The lowest BCUT2D eigenvalue weighted by molar-refractivity contribution is -0.141. The first-order valence-corrected chi connectivity index (χ1v) is 6.11. The summed E-state index contributed by atoms with van der Waals surface area (Å²) in [6.45, 7) is 5.79. The highest BCUT2D eigenvalue weighted by atomic mass is 16.4. The Labute approximate surface area is 102 Å². The van der Waals surface area contributed by atoms with Gasteiger partial charge >= 0.3 is 5.97 Å². The highest BCUT2D eigenvalue weighted by molar-refractivity contribution is 5.70. The first-order valence-electron chi connectivity index (χ1n) is 6.11. The summed E-state index contributed by atoms with van der Waals surface area (Å²) in [5.74, 6) is -0.855. The van der Waals surface area contributed by atoms with E-state index in [0.29, 0.717) is 12.6 Å². The molecular weight excluding hydrogens is 214 g/mol. The third-order valence-electron chi connectivity index (χ3n) is 3.64. The molecule has 0 radical (unpaired) electrons. The molecule has 1 aromatic rings. The van der Waals surface area contributed by atoms with E-state index in [0.717, 1.165) is 13.0 Å². The van der Waals surface area contributed by atoms with Gasteiger partial charge in [0.2, 0.25) is 0 Å². The Morgan fingerprint density at radius 1 is 1.53 bits per heavy atom. The zero-order chi connectivity index (χ0) is 12.4. The van der Waals surface area contributed by atoms with Gasteiger partial charge in [0.05, 0.1) is 5.92 Å². The Bertz CT molecular complexity index is 416. The minimum atomic E-state index is -0.663. The van der Waals surface area contributed by atoms with Gasteiger partial charge in [-0.1, -0.05) is 29.8 Å². The zero-order valence-corrected chi connectivity index (χ0v) is 10.4. The maximum absolute atomic E-state index is 10.9. The molecule has 0 bridgehead atoms. The zero-order valence-electron chi connectivity index (χ0n) is 10.4. The number of benzene rings is 1. The lowest BCUT2D eigenvalue weighted by Crippen LogP contribution is -2.26. The number of likely N-dealkylation sites (tertiary alicyclic amines) is 1. The number of hydrogen-bond acceptors (Lipinski definition) is 2. The summed E-state index contributed by atoms with van der Waals surface area (Å²) in [6.07, 6.45) is 0.769. The Morgan fingerprint density at radius 2 is 2.29 bits per heavy atom. The van der Waals surface area contributed by atoms with Crippen molar-refractivity contribution in [3.8, 4) is 0 Å². The van der Waals surface area contributed by atoms with Crippen molar-refractivity contribution in [2.75, 3.05) is 13.1 Å². The lowest BCUT2D eigenvalue weighted by atomic mass is 10.0. The molecule has 0 saturated carbocycles. The SMILES string of the molecule is Cc1cccc([C@@H](C)N2CC[C@@H](C(=O)O)C2)c1. The van der Waals surface area contributed by atoms with Crippen LogP contribution in [0.4, 0.5) is 0 Å². The molecule has 1 aliphatic heterocycles. The largest absolute Gasteiger partial charge is 0.481 e. The van der Waals surface area contributed by atoms with Gasteiger partial charge in [0.15, 0.2) is 0 Å². The van der Waals surface area contributed by atoms with E-state index in [-0.39, 0.29) is 5.92 Å². The number of hydrogen-bond donors (Lipinski definition) is 1. The maximum Gasteiger partial charge on any atom is 0.307 e. The van der Waals surface area contributed by atoms with Crippen molar-refractivity contribution >= 4 is 5.97 Å². The second-order valence-electron chi connectivity index (χ2n) is 4.91. The van der Waals surface area contributed by atoms with Gasteiger partial charge < -0.3 is 5.11 Å². The first-order chi connectivity index (χ1) is 8.08. The quantitative estimate of drug-likeness (QED) is 0.871. The number of carboxylic acid groups (broad SMARTS) is 1. The molecule has 0 aromatic heterocycles. The van der Waals surface area contributed by atoms with E-state index in [9.17, 15) is 4.79 Å². The molecule has 2 atom stereocenters. The lowest BCUT2D eigenvalue weighted by Gasteiger charge is -2.24. The fraction of sp³-hybridized carbons (Fsp3) is 0.500. The summed E-state index contributed by atoms with van der Waals surface area (Å²) in [7, 11) is 0. The smallest absolute Gasteiger partial charge is 0.307 e. The summed E-state index contributed by atoms with van der Waals surface area (Å²) >= 11 is 0. The monoisotopic (exact) mass is 233 g/mol. The highest BCUT2D eigenvalue weighted by Gasteiger charge is 2.30. The average molecular weight is 233 g/mol. The van der Waals surface area contributed by atoms with Gasteiger partial charge in [0.25, 0.3) is 0 Å². The van der Waals surface area contributed by atoms with Crippen molar-refractivity contribution in [2.24, 2.45) is 5.92 Å². The molecule has 1 aliphatic rings. The molecule has 0 amide bonds. The number of carboxylic acids is 1. The number of rotatable bonds is 3. The van der Waals surface area contributed by atoms with Crippen LogP contribution in [-0.2, 0) is 4.79 Å². The summed E-state index contributed by atoms with van der Waals surface area (Å²) < 4.78 is 0. The predicted molar refractivity (Wildman–Crippen MR) is 66.9 cm³/mol. The van der Waals surface area contributed by atoms with E-state index >= 15 is 0 Å². The fourth-order valence-electron chi connectivity index (χ4n) is 2.48. The van der Waals surface area contributed by atoms with E-state index in [2.05, 4.69) is 43.0 Å². The molecule has 1 aromatic carbocycles. The Balaban J connectivity index is 2.06. The maximum atomic E-state index is 10.9. The summed E-state index contributed by atoms with van der Waals surface area (Å²) in [6, 6.07) is 8.75. The molecule has 1 fully saturated rings. The number of aliphatic carboxylic acids is 1. The summed E-state index contributed by atoms with van der Waals surface area (Å²) in [5, 5.41) is 9.00. The number of aryl methyl sites for hydroxylation is 1. The predicted octanol–water partition coefficient (Wildman–Crippen LogP) is 2.46. The van der Waals surface area contributed by atoms with Crippen LogP contribution in [0.3, 0.4) is 0 Å². The molecule has 0 aliphatic carbocycles. The van der Waals surface area contributed by atoms with Crippen LogP contribution in [0.5, 0.6) is 0 Å². The molecule has 0 spiro atoms. The minimum Gasteiger partial charge on any atom is -0.481 e. The van der Waals surface area contributed by atoms with Gasteiger partial charge in [0.1, 0.15) is 0 Å². The second-order valence-corrected chi connectivity index (χ2v) is 4.91. The number of carbonyl (C=O) groups is 1. The molecule has 0 unspecified atom stereocenters. The van der Waals surface area contributed by atoms with Crippen LogP contribution in [0.2, 0.25) is 0 Å². The van der Waals surface area contributed by atoms with Gasteiger partial charge in [-0.2, -0.15) is 0 Å². The van der Waals surface area contributed by atoms with Crippen LogP contribution in [0, 0.1) is 12.8 Å². The van der Waals surface area contributed by atoms with Crippen molar-refractivity contribution in [2.45, 2.75) is 26.3 Å². The van der Waals surface area contributed by atoms with Crippen LogP contribution in [0.1, 0.15) is 30.5 Å². The molecule has 3 heteroatoms. The summed E-state index contributed by atoms with van der Waals surface area (Å²) in [4.78, 5) is 13.2. The van der Waals surface area contributed by atoms with Gasteiger partial charge in [-0.25, -0.2) is 0 Å². The molecule has 2 rings (SSSR count). The van der Waals surface area contributed by atoms with E-state index in [1.165, 1.54) is 11.1 Å². The minimum absolute atomic E-state index is 0.192. The van der Waals surface area contributed by atoms with Gasteiger partial charge in [0, 0.05) is 12.6 Å². The van der Waals surface area contributed by atoms with Crippen molar-refractivity contribution in [1.82, 2.24) is 4.90 Å². The first kappa shape index (κ1) is 12.1. The van der Waals surface area contributed by atoms with E-state index in [4.69, 9.17) is 5.11 Å². The number of nitrogens with zero attached hydrogens (tertiary/aromatic N) is 1. The normalized spacial score (nSPS) is 22.6. The molecule has 1 N–H and O–H groups in total. The third-order valence-corrected chi connectivity index (χ3v) is 3.64. The van der Waals surface area contributed by atoms with Crippen LogP contribution >= 0.6 is 0 Å². The Morgan fingerprint density at radius 3 is 2.88 bits per heavy atom. The van der Waals surface area contributed by atoms with Crippen LogP contribution in [0.25, 0.3) is 0 Å².